The van der Waals surface area contributed by atoms with E-state index < -0.39 is 23.6 Å². The van der Waals surface area contributed by atoms with Gasteiger partial charge in [-0.2, -0.15) is 13.2 Å². The first kappa shape index (κ1) is 13.5. The van der Waals surface area contributed by atoms with Crippen LogP contribution in [0, 0.1) is 5.92 Å². The summed E-state index contributed by atoms with van der Waals surface area (Å²) in [7, 11) is 0. The van der Waals surface area contributed by atoms with Gasteiger partial charge in [-0.1, -0.05) is 18.2 Å². The molecular weight excluding hydrogens is 235 g/mol. The van der Waals surface area contributed by atoms with Crippen LogP contribution in [0.2, 0.25) is 0 Å². The Morgan fingerprint density at radius 3 is 2.53 bits per heavy atom. The quantitative estimate of drug-likeness (QED) is 0.854. The lowest BCUT2D eigenvalue weighted by Gasteiger charge is -2.12. The highest BCUT2D eigenvalue weighted by Crippen LogP contribution is 2.29. The summed E-state index contributed by atoms with van der Waals surface area (Å²) in [4.78, 5) is 10.7. The Morgan fingerprint density at radius 1 is 1.41 bits per heavy atom. The molecule has 1 rings (SSSR count). The van der Waals surface area contributed by atoms with Crippen molar-refractivity contribution in [3.05, 3.63) is 35.4 Å². The van der Waals surface area contributed by atoms with Crippen molar-refractivity contribution in [1.82, 2.24) is 0 Å². The number of hydrogen-bond donors (Lipinski definition) is 2. The summed E-state index contributed by atoms with van der Waals surface area (Å²) in [6.45, 7) is -0.106. The van der Waals surface area contributed by atoms with Gasteiger partial charge < -0.3 is 10.8 Å². The highest BCUT2D eigenvalue weighted by molar-refractivity contribution is 5.70. The van der Waals surface area contributed by atoms with Crippen LogP contribution in [-0.4, -0.2) is 17.6 Å². The van der Waals surface area contributed by atoms with Gasteiger partial charge in [-0.05, 0) is 18.1 Å². The van der Waals surface area contributed by atoms with E-state index in [1.54, 1.807) is 0 Å². The number of carbonyl (C=O) groups is 1. The highest BCUT2D eigenvalue weighted by Gasteiger charge is 2.30. The normalized spacial score (nSPS) is 13.4. The Bertz CT molecular complexity index is 404. The first-order chi connectivity index (χ1) is 7.84. The molecule has 0 saturated heterocycles. The molecule has 0 aliphatic carbocycles. The maximum Gasteiger partial charge on any atom is 0.416 e. The van der Waals surface area contributed by atoms with Crippen LogP contribution in [0.5, 0.6) is 0 Å². The van der Waals surface area contributed by atoms with Crippen LogP contribution in [0.25, 0.3) is 0 Å². The fraction of sp³-hybridized carbons (Fsp3) is 0.364. The number of halogens is 3. The van der Waals surface area contributed by atoms with E-state index in [0.717, 1.165) is 12.1 Å². The summed E-state index contributed by atoms with van der Waals surface area (Å²) in [5.41, 5.74) is 4.78. The number of rotatable bonds is 4. The molecule has 0 aromatic heterocycles. The van der Waals surface area contributed by atoms with Crippen LogP contribution in [0.4, 0.5) is 13.2 Å². The Morgan fingerprint density at radius 2 is 2.06 bits per heavy atom. The summed E-state index contributed by atoms with van der Waals surface area (Å²) < 4.78 is 37.2. The molecule has 0 spiro atoms. The first-order valence-electron chi connectivity index (χ1n) is 4.93. The molecule has 0 bridgehead atoms. The number of benzene rings is 1. The number of nitrogens with two attached hydrogens (primary N) is 1. The van der Waals surface area contributed by atoms with Crippen molar-refractivity contribution in [3.8, 4) is 0 Å². The molecule has 1 aromatic carbocycles. The van der Waals surface area contributed by atoms with Gasteiger partial charge >= 0.3 is 12.1 Å². The van der Waals surface area contributed by atoms with Crippen molar-refractivity contribution in [2.24, 2.45) is 11.7 Å². The zero-order valence-electron chi connectivity index (χ0n) is 8.87. The zero-order chi connectivity index (χ0) is 13.1. The molecule has 0 aliphatic heterocycles. The summed E-state index contributed by atoms with van der Waals surface area (Å²) in [6.07, 6.45) is -4.42. The van der Waals surface area contributed by atoms with Crippen LogP contribution in [0.1, 0.15) is 11.1 Å². The van der Waals surface area contributed by atoms with E-state index in [1.807, 2.05) is 0 Å². The number of carboxylic acid groups (broad SMARTS) is 1. The minimum atomic E-state index is -4.42. The zero-order valence-corrected chi connectivity index (χ0v) is 8.87. The topological polar surface area (TPSA) is 63.3 Å². The smallest absolute Gasteiger partial charge is 0.416 e. The molecule has 3 nitrogen and oxygen atoms in total. The van der Waals surface area contributed by atoms with Crippen molar-refractivity contribution in [2.75, 3.05) is 6.54 Å². The van der Waals surface area contributed by atoms with Gasteiger partial charge in [0.15, 0.2) is 0 Å². The molecule has 0 unspecified atom stereocenters. The van der Waals surface area contributed by atoms with Crippen molar-refractivity contribution in [2.45, 2.75) is 12.6 Å². The van der Waals surface area contributed by atoms with Crippen LogP contribution in [0.15, 0.2) is 24.3 Å². The molecule has 0 aliphatic rings. The van der Waals surface area contributed by atoms with Crippen LogP contribution >= 0.6 is 0 Å². The third kappa shape index (κ3) is 3.74. The minimum Gasteiger partial charge on any atom is -0.481 e. The third-order valence-electron chi connectivity index (χ3n) is 2.37. The Hall–Kier alpha value is -1.56. The van der Waals surface area contributed by atoms with E-state index in [4.69, 9.17) is 10.8 Å². The number of carboxylic acids is 1. The van der Waals surface area contributed by atoms with Gasteiger partial charge in [-0.3, -0.25) is 4.79 Å². The predicted molar refractivity (Wildman–Crippen MR) is 55.3 cm³/mol. The summed E-state index contributed by atoms with van der Waals surface area (Å²) in [6, 6.07) is 4.61. The van der Waals surface area contributed by atoms with Gasteiger partial charge in [0.1, 0.15) is 0 Å². The molecule has 0 fully saturated rings. The average molecular weight is 247 g/mol. The summed E-state index contributed by atoms with van der Waals surface area (Å²) >= 11 is 0. The molecule has 1 aromatic rings. The highest BCUT2D eigenvalue weighted by atomic mass is 19.4. The van der Waals surface area contributed by atoms with Crippen LogP contribution < -0.4 is 5.73 Å². The molecule has 17 heavy (non-hydrogen) atoms. The van der Waals surface area contributed by atoms with E-state index >= 15 is 0 Å². The summed E-state index contributed by atoms with van der Waals surface area (Å²) in [5, 5.41) is 8.76. The lowest BCUT2D eigenvalue weighted by molar-refractivity contribution is -0.141. The molecule has 6 heteroatoms. The van der Waals surface area contributed by atoms with Gasteiger partial charge in [0.25, 0.3) is 0 Å². The van der Waals surface area contributed by atoms with E-state index in [1.165, 1.54) is 12.1 Å². The number of aliphatic carboxylic acids is 1. The monoisotopic (exact) mass is 247 g/mol. The van der Waals surface area contributed by atoms with Crippen molar-refractivity contribution >= 4 is 5.97 Å². The molecule has 1 atom stereocenters. The SMILES string of the molecule is NC[C@H](Cc1cccc(C(F)(F)F)c1)C(=O)O. The molecule has 0 radical (unpaired) electrons. The predicted octanol–water partition coefficient (Wildman–Crippen LogP) is 1.91. The van der Waals surface area contributed by atoms with Crippen molar-refractivity contribution < 1.29 is 23.1 Å². The average Bonchev–Trinajstić information content (AvgIpc) is 2.24. The second kappa shape index (κ2) is 5.18. The minimum absolute atomic E-state index is 0.00421. The third-order valence-corrected chi connectivity index (χ3v) is 2.37. The molecule has 0 saturated carbocycles. The molecule has 3 N–H and O–H groups in total. The van der Waals surface area contributed by atoms with E-state index in [2.05, 4.69) is 0 Å². The van der Waals surface area contributed by atoms with Crippen LogP contribution in [-0.2, 0) is 17.4 Å². The Balaban J connectivity index is 2.89. The fourth-order valence-corrected chi connectivity index (χ4v) is 1.43. The van der Waals surface area contributed by atoms with Crippen LogP contribution in [0.3, 0.4) is 0 Å². The summed E-state index contributed by atoms with van der Waals surface area (Å²) in [5.74, 6) is -1.97. The van der Waals surface area contributed by atoms with Crippen molar-refractivity contribution in [3.63, 3.8) is 0 Å². The van der Waals surface area contributed by atoms with E-state index in [-0.39, 0.29) is 13.0 Å². The van der Waals surface area contributed by atoms with Gasteiger partial charge in [0.05, 0.1) is 11.5 Å². The van der Waals surface area contributed by atoms with Gasteiger partial charge in [-0.15, -0.1) is 0 Å². The Kier molecular flexibility index (Phi) is 4.11. The maximum atomic E-state index is 12.4. The lowest BCUT2D eigenvalue weighted by Crippen LogP contribution is -2.25. The van der Waals surface area contributed by atoms with Gasteiger partial charge in [-0.25, -0.2) is 0 Å². The van der Waals surface area contributed by atoms with E-state index in [0.29, 0.717) is 5.56 Å². The number of hydrogen-bond acceptors (Lipinski definition) is 2. The molecular formula is C11H12F3NO2. The largest absolute Gasteiger partial charge is 0.481 e. The fourth-order valence-electron chi connectivity index (χ4n) is 1.43. The Labute approximate surface area is 96.0 Å². The van der Waals surface area contributed by atoms with Gasteiger partial charge in [0, 0.05) is 6.54 Å². The molecule has 0 amide bonds. The standard InChI is InChI=1S/C11H12F3NO2/c12-11(13,14)9-3-1-2-7(5-9)4-8(6-15)10(16)17/h1-3,5,8H,4,6,15H2,(H,16,17)/t8-/m0/s1. The van der Waals surface area contributed by atoms with Crippen molar-refractivity contribution in [1.29, 1.82) is 0 Å². The van der Waals surface area contributed by atoms with E-state index in [9.17, 15) is 18.0 Å². The van der Waals surface area contributed by atoms with Gasteiger partial charge in [0.2, 0.25) is 0 Å². The lowest BCUT2D eigenvalue weighted by atomic mass is 9.98. The molecule has 0 heterocycles. The maximum absolute atomic E-state index is 12.4. The number of alkyl halides is 3. The molecule has 94 valence electrons. The second-order valence-corrected chi connectivity index (χ2v) is 3.67. The first-order valence-corrected chi connectivity index (χ1v) is 4.93. The second-order valence-electron chi connectivity index (χ2n) is 3.67.